The zero-order chi connectivity index (χ0) is 14.5. The summed E-state index contributed by atoms with van der Waals surface area (Å²) < 4.78 is 0. The van der Waals surface area contributed by atoms with Crippen LogP contribution in [0.15, 0.2) is 0 Å². The Kier molecular flexibility index (Phi) is 5.40. The molecule has 20 heavy (non-hydrogen) atoms. The van der Waals surface area contributed by atoms with Crippen LogP contribution in [0.5, 0.6) is 0 Å². The van der Waals surface area contributed by atoms with E-state index in [1.165, 1.54) is 0 Å². The normalized spacial score (nSPS) is 28.2. The molecule has 2 aliphatic rings. The standard InChI is InChI=1S/C15H27N3O2/c1-17-15(20)12-5-7-18(8-6-12)14(19)10-11-3-2-4-13(16)9-11/h11-13H,2-10,16H2,1H3,(H,17,20). The summed E-state index contributed by atoms with van der Waals surface area (Å²) in [5.41, 5.74) is 5.98. The summed E-state index contributed by atoms with van der Waals surface area (Å²) in [6.45, 7) is 1.44. The predicted molar refractivity (Wildman–Crippen MR) is 77.9 cm³/mol. The van der Waals surface area contributed by atoms with E-state index in [2.05, 4.69) is 5.32 Å². The zero-order valence-corrected chi connectivity index (χ0v) is 12.4. The first-order valence-corrected chi connectivity index (χ1v) is 7.85. The average molecular weight is 281 g/mol. The lowest BCUT2D eigenvalue weighted by Gasteiger charge is -2.33. The number of piperidine rings is 1. The predicted octanol–water partition coefficient (Wildman–Crippen LogP) is 0.879. The Labute approximate surface area is 121 Å². The van der Waals surface area contributed by atoms with Crippen LogP contribution in [0.2, 0.25) is 0 Å². The van der Waals surface area contributed by atoms with Gasteiger partial charge in [0.15, 0.2) is 0 Å². The highest BCUT2D eigenvalue weighted by Gasteiger charge is 2.29. The SMILES string of the molecule is CNC(=O)C1CCN(C(=O)CC2CCCC(N)C2)CC1. The van der Waals surface area contributed by atoms with Gasteiger partial charge in [0.2, 0.25) is 11.8 Å². The van der Waals surface area contributed by atoms with E-state index in [0.29, 0.717) is 12.3 Å². The first-order chi connectivity index (χ1) is 9.60. The fraction of sp³-hybridized carbons (Fsp3) is 0.867. The van der Waals surface area contributed by atoms with E-state index < -0.39 is 0 Å². The lowest BCUT2D eigenvalue weighted by atomic mass is 9.83. The van der Waals surface area contributed by atoms with Gasteiger partial charge < -0.3 is 16.0 Å². The van der Waals surface area contributed by atoms with Crippen LogP contribution in [0.1, 0.15) is 44.9 Å². The van der Waals surface area contributed by atoms with E-state index in [1.807, 2.05) is 4.90 Å². The lowest BCUT2D eigenvalue weighted by Crippen LogP contribution is -2.43. The van der Waals surface area contributed by atoms with Crippen molar-refractivity contribution in [2.45, 2.75) is 51.0 Å². The number of nitrogens with one attached hydrogen (secondary N) is 1. The third-order valence-electron chi connectivity index (χ3n) is 4.75. The van der Waals surface area contributed by atoms with Gasteiger partial charge in [0.05, 0.1) is 0 Å². The number of likely N-dealkylation sites (tertiary alicyclic amines) is 1. The molecular weight excluding hydrogens is 254 g/mol. The summed E-state index contributed by atoms with van der Waals surface area (Å²) in [6.07, 6.45) is 6.58. The van der Waals surface area contributed by atoms with Crippen molar-refractivity contribution in [2.75, 3.05) is 20.1 Å². The quantitative estimate of drug-likeness (QED) is 0.806. The van der Waals surface area contributed by atoms with E-state index in [4.69, 9.17) is 5.73 Å². The van der Waals surface area contributed by atoms with Crippen LogP contribution in [0.3, 0.4) is 0 Å². The number of carbonyl (C=O) groups is 2. The van der Waals surface area contributed by atoms with E-state index in [1.54, 1.807) is 7.05 Å². The van der Waals surface area contributed by atoms with Crippen molar-refractivity contribution in [1.29, 1.82) is 0 Å². The number of amides is 2. The van der Waals surface area contributed by atoms with Gasteiger partial charge in [-0.2, -0.15) is 0 Å². The molecule has 1 aliphatic heterocycles. The fourth-order valence-corrected chi connectivity index (χ4v) is 3.49. The van der Waals surface area contributed by atoms with Crippen molar-refractivity contribution in [1.82, 2.24) is 10.2 Å². The number of hydrogen-bond donors (Lipinski definition) is 2. The van der Waals surface area contributed by atoms with Gasteiger partial charge in [0.1, 0.15) is 0 Å². The number of nitrogens with zero attached hydrogens (tertiary/aromatic N) is 1. The van der Waals surface area contributed by atoms with Crippen molar-refractivity contribution in [3.8, 4) is 0 Å². The molecule has 2 unspecified atom stereocenters. The van der Waals surface area contributed by atoms with Gasteiger partial charge in [-0.3, -0.25) is 9.59 Å². The number of carbonyl (C=O) groups excluding carboxylic acids is 2. The highest BCUT2D eigenvalue weighted by Crippen LogP contribution is 2.27. The molecule has 1 saturated heterocycles. The van der Waals surface area contributed by atoms with Crippen molar-refractivity contribution in [3.63, 3.8) is 0 Å². The highest BCUT2D eigenvalue weighted by atomic mass is 16.2. The molecular formula is C15H27N3O2. The zero-order valence-electron chi connectivity index (χ0n) is 12.4. The Morgan fingerprint density at radius 1 is 1.20 bits per heavy atom. The van der Waals surface area contributed by atoms with Gasteiger partial charge >= 0.3 is 0 Å². The molecule has 5 nitrogen and oxygen atoms in total. The Morgan fingerprint density at radius 2 is 1.90 bits per heavy atom. The molecule has 0 radical (unpaired) electrons. The molecule has 1 saturated carbocycles. The topological polar surface area (TPSA) is 75.4 Å². The van der Waals surface area contributed by atoms with Crippen LogP contribution in [-0.2, 0) is 9.59 Å². The van der Waals surface area contributed by atoms with Crippen LogP contribution in [-0.4, -0.2) is 42.9 Å². The smallest absolute Gasteiger partial charge is 0.222 e. The molecule has 3 N–H and O–H groups in total. The monoisotopic (exact) mass is 281 g/mol. The largest absolute Gasteiger partial charge is 0.359 e. The minimum atomic E-state index is 0.0761. The second-order valence-electron chi connectivity index (χ2n) is 6.27. The Hall–Kier alpha value is -1.10. The van der Waals surface area contributed by atoms with E-state index in [0.717, 1.165) is 51.6 Å². The third-order valence-corrected chi connectivity index (χ3v) is 4.75. The summed E-state index contributed by atoms with van der Waals surface area (Å²) >= 11 is 0. The molecule has 0 aromatic heterocycles. The summed E-state index contributed by atoms with van der Waals surface area (Å²) in [5, 5.41) is 2.69. The summed E-state index contributed by atoms with van der Waals surface area (Å²) in [4.78, 5) is 25.8. The molecule has 1 heterocycles. The maximum Gasteiger partial charge on any atom is 0.222 e. The molecule has 2 fully saturated rings. The molecule has 5 heteroatoms. The van der Waals surface area contributed by atoms with Crippen LogP contribution >= 0.6 is 0 Å². The number of hydrogen-bond acceptors (Lipinski definition) is 3. The summed E-state index contributed by atoms with van der Waals surface area (Å²) in [7, 11) is 1.67. The molecule has 0 aromatic rings. The van der Waals surface area contributed by atoms with Gasteiger partial charge in [-0.05, 0) is 38.0 Å². The molecule has 114 valence electrons. The van der Waals surface area contributed by atoms with E-state index in [9.17, 15) is 9.59 Å². The maximum absolute atomic E-state index is 12.3. The minimum Gasteiger partial charge on any atom is -0.359 e. The molecule has 0 spiro atoms. The highest BCUT2D eigenvalue weighted by molar-refractivity contribution is 5.80. The minimum absolute atomic E-state index is 0.0761. The lowest BCUT2D eigenvalue weighted by molar-refractivity contribution is -0.136. The average Bonchev–Trinajstić information content (AvgIpc) is 2.46. The van der Waals surface area contributed by atoms with Crippen molar-refractivity contribution in [3.05, 3.63) is 0 Å². The van der Waals surface area contributed by atoms with Crippen LogP contribution < -0.4 is 11.1 Å². The third kappa shape index (κ3) is 3.95. The van der Waals surface area contributed by atoms with Crippen molar-refractivity contribution < 1.29 is 9.59 Å². The number of rotatable bonds is 3. The molecule has 2 atom stereocenters. The number of nitrogens with two attached hydrogens (primary N) is 1. The summed E-state index contributed by atoms with van der Waals surface area (Å²) in [5.74, 6) is 0.893. The van der Waals surface area contributed by atoms with E-state index >= 15 is 0 Å². The molecule has 0 aromatic carbocycles. The molecule has 2 amide bonds. The van der Waals surface area contributed by atoms with Gasteiger partial charge in [-0.1, -0.05) is 6.42 Å². The molecule has 1 aliphatic carbocycles. The van der Waals surface area contributed by atoms with Gasteiger partial charge in [0, 0.05) is 38.5 Å². The van der Waals surface area contributed by atoms with Gasteiger partial charge in [-0.25, -0.2) is 0 Å². The van der Waals surface area contributed by atoms with Gasteiger partial charge in [-0.15, -0.1) is 0 Å². The summed E-state index contributed by atoms with van der Waals surface area (Å²) in [6, 6.07) is 0.278. The van der Waals surface area contributed by atoms with E-state index in [-0.39, 0.29) is 23.8 Å². The van der Waals surface area contributed by atoms with Crippen LogP contribution in [0.25, 0.3) is 0 Å². The Morgan fingerprint density at radius 3 is 2.50 bits per heavy atom. The fourth-order valence-electron chi connectivity index (χ4n) is 3.49. The van der Waals surface area contributed by atoms with Crippen molar-refractivity contribution >= 4 is 11.8 Å². The van der Waals surface area contributed by atoms with Gasteiger partial charge in [0.25, 0.3) is 0 Å². The maximum atomic E-state index is 12.3. The first-order valence-electron chi connectivity index (χ1n) is 7.85. The Balaban J connectivity index is 1.75. The first kappa shape index (κ1) is 15.3. The van der Waals surface area contributed by atoms with Crippen LogP contribution in [0.4, 0.5) is 0 Å². The van der Waals surface area contributed by atoms with Crippen LogP contribution in [0, 0.1) is 11.8 Å². The second kappa shape index (κ2) is 7.07. The molecule has 0 bridgehead atoms. The molecule has 2 rings (SSSR count). The Bertz CT molecular complexity index is 351. The van der Waals surface area contributed by atoms with Crippen molar-refractivity contribution in [2.24, 2.45) is 17.6 Å². The second-order valence-corrected chi connectivity index (χ2v) is 6.27.